The molecule has 0 aromatic rings. The Morgan fingerprint density at radius 3 is 2.64 bits per heavy atom. The molecule has 0 radical (unpaired) electrons. The molecule has 66 valence electrons. The van der Waals surface area contributed by atoms with Gasteiger partial charge in [-0.15, -0.1) is 0 Å². The fourth-order valence-corrected chi connectivity index (χ4v) is 1.93. The van der Waals surface area contributed by atoms with Gasteiger partial charge < -0.3 is 4.90 Å². The van der Waals surface area contributed by atoms with Crippen LogP contribution in [0.25, 0.3) is 0 Å². The average Bonchev–Trinajstić information content (AvgIpc) is 2.34. The first-order valence-electron chi connectivity index (χ1n) is 4.94. The summed E-state index contributed by atoms with van der Waals surface area (Å²) in [6.07, 6.45) is 2.80. The predicted octanol–water partition coefficient (Wildman–Crippen LogP) is 2.37. The van der Waals surface area contributed by atoms with E-state index >= 15 is 0 Å². The van der Waals surface area contributed by atoms with Gasteiger partial charge in [-0.2, -0.15) is 0 Å². The molecule has 11 heavy (non-hydrogen) atoms. The van der Waals surface area contributed by atoms with Crippen molar-refractivity contribution in [3.8, 4) is 0 Å². The van der Waals surface area contributed by atoms with Crippen molar-refractivity contribution in [3.05, 3.63) is 0 Å². The van der Waals surface area contributed by atoms with Crippen LogP contribution in [0.1, 0.15) is 33.6 Å². The van der Waals surface area contributed by atoms with E-state index in [1.807, 2.05) is 0 Å². The maximum atomic E-state index is 2.61. The molecule has 0 unspecified atom stereocenters. The van der Waals surface area contributed by atoms with Crippen molar-refractivity contribution in [2.75, 3.05) is 19.6 Å². The lowest BCUT2D eigenvalue weighted by molar-refractivity contribution is 0.286. The summed E-state index contributed by atoms with van der Waals surface area (Å²) in [6.45, 7) is 10.9. The monoisotopic (exact) mass is 155 g/mol. The van der Waals surface area contributed by atoms with Gasteiger partial charge in [0.05, 0.1) is 0 Å². The Morgan fingerprint density at radius 1 is 1.45 bits per heavy atom. The van der Waals surface area contributed by atoms with Crippen LogP contribution in [0, 0.1) is 11.8 Å². The summed E-state index contributed by atoms with van der Waals surface area (Å²) in [5.41, 5.74) is 0. The standard InChI is InChI=1S/C10H21N/c1-4-10-5-6-11(8-10)7-9(2)3/h9-10H,4-8H2,1-3H3/t10-/m1/s1. The average molecular weight is 155 g/mol. The Hall–Kier alpha value is -0.0400. The van der Waals surface area contributed by atoms with Gasteiger partial charge in [-0.3, -0.25) is 0 Å². The van der Waals surface area contributed by atoms with Gasteiger partial charge in [0.15, 0.2) is 0 Å². The van der Waals surface area contributed by atoms with Gasteiger partial charge in [0, 0.05) is 13.1 Å². The fourth-order valence-electron chi connectivity index (χ4n) is 1.93. The molecule has 0 N–H and O–H groups in total. The van der Waals surface area contributed by atoms with Crippen LogP contribution < -0.4 is 0 Å². The predicted molar refractivity (Wildman–Crippen MR) is 49.7 cm³/mol. The van der Waals surface area contributed by atoms with E-state index in [0.29, 0.717) is 0 Å². The highest BCUT2D eigenvalue weighted by Crippen LogP contribution is 2.19. The summed E-state index contributed by atoms with van der Waals surface area (Å²) >= 11 is 0. The van der Waals surface area contributed by atoms with Gasteiger partial charge in [-0.1, -0.05) is 27.2 Å². The van der Waals surface area contributed by atoms with E-state index in [1.165, 1.54) is 32.5 Å². The molecule has 0 saturated carbocycles. The van der Waals surface area contributed by atoms with Gasteiger partial charge in [-0.25, -0.2) is 0 Å². The molecule has 1 aliphatic rings. The number of rotatable bonds is 3. The van der Waals surface area contributed by atoms with Crippen molar-refractivity contribution in [1.82, 2.24) is 4.90 Å². The second-order valence-corrected chi connectivity index (χ2v) is 4.22. The Bertz CT molecular complexity index is 109. The van der Waals surface area contributed by atoms with Crippen LogP contribution >= 0.6 is 0 Å². The number of hydrogen-bond acceptors (Lipinski definition) is 1. The van der Waals surface area contributed by atoms with Crippen LogP contribution in [0.15, 0.2) is 0 Å². The van der Waals surface area contributed by atoms with Crippen molar-refractivity contribution in [2.45, 2.75) is 33.6 Å². The SMILES string of the molecule is CC[C@@H]1CCN(CC(C)C)C1. The molecule has 1 heterocycles. The first-order valence-corrected chi connectivity index (χ1v) is 4.94. The quantitative estimate of drug-likeness (QED) is 0.605. The second-order valence-electron chi connectivity index (χ2n) is 4.22. The Labute approximate surface area is 70.8 Å². The molecule has 0 spiro atoms. The van der Waals surface area contributed by atoms with E-state index in [-0.39, 0.29) is 0 Å². The zero-order chi connectivity index (χ0) is 8.27. The van der Waals surface area contributed by atoms with Gasteiger partial charge >= 0.3 is 0 Å². The summed E-state index contributed by atoms with van der Waals surface area (Å²) in [5, 5.41) is 0. The zero-order valence-electron chi connectivity index (χ0n) is 8.14. The number of likely N-dealkylation sites (tertiary alicyclic amines) is 1. The van der Waals surface area contributed by atoms with Crippen molar-refractivity contribution in [2.24, 2.45) is 11.8 Å². The third-order valence-electron chi connectivity index (χ3n) is 2.57. The zero-order valence-corrected chi connectivity index (χ0v) is 8.14. The summed E-state index contributed by atoms with van der Waals surface area (Å²) in [4.78, 5) is 2.61. The maximum Gasteiger partial charge on any atom is 0.00101 e. The molecule has 1 atom stereocenters. The molecule has 0 aromatic carbocycles. The van der Waals surface area contributed by atoms with E-state index in [1.54, 1.807) is 0 Å². The van der Waals surface area contributed by atoms with Gasteiger partial charge in [0.1, 0.15) is 0 Å². The van der Waals surface area contributed by atoms with Crippen LogP contribution in [-0.4, -0.2) is 24.5 Å². The van der Waals surface area contributed by atoms with Crippen molar-refractivity contribution in [1.29, 1.82) is 0 Å². The van der Waals surface area contributed by atoms with Gasteiger partial charge in [-0.05, 0) is 24.8 Å². The van der Waals surface area contributed by atoms with Crippen molar-refractivity contribution < 1.29 is 0 Å². The lowest BCUT2D eigenvalue weighted by Gasteiger charge is -2.17. The third-order valence-corrected chi connectivity index (χ3v) is 2.57. The lowest BCUT2D eigenvalue weighted by Crippen LogP contribution is -2.25. The molecule has 1 rings (SSSR count). The Morgan fingerprint density at radius 2 is 2.18 bits per heavy atom. The molecule has 0 aliphatic carbocycles. The van der Waals surface area contributed by atoms with Gasteiger partial charge in [0.25, 0.3) is 0 Å². The molecule has 1 fully saturated rings. The molecule has 1 heteroatoms. The summed E-state index contributed by atoms with van der Waals surface area (Å²) < 4.78 is 0. The largest absolute Gasteiger partial charge is 0.303 e. The van der Waals surface area contributed by atoms with E-state index in [9.17, 15) is 0 Å². The molecule has 1 nitrogen and oxygen atoms in total. The molecule has 1 saturated heterocycles. The van der Waals surface area contributed by atoms with E-state index in [2.05, 4.69) is 25.7 Å². The van der Waals surface area contributed by atoms with E-state index in [0.717, 1.165) is 11.8 Å². The summed E-state index contributed by atoms with van der Waals surface area (Å²) in [7, 11) is 0. The highest BCUT2D eigenvalue weighted by molar-refractivity contribution is 4.74. The Balaban J connectivity index is 2.19. The molecule has 0 amide bonds. The molecule has 1 aliphatic heterocycles. The minimum atomic E-state index is 0.839. The number of hydrogen-bond donors (Lipinski definition) is 0. The molecular weight excluding hydrogens is 134 g/mol. The smallest absolute Gasteiger partial charge is 0.00101 e. The third kappa shape index (κ3) is 2.82. The van der Waals surface area contributed by atoms with Crippen molar-refractivity contribution >= 4 is 0 Å². The maximum absolute atomic E-state index is 2.61. The minimum absolute atomic E-state index is 0.839. The van der Waals surface area contributed by atoms with Gasteiger partial charge in [0.2, 0.25) is 0 Å². The topological polar surface area (TPSA) is 3.24 Å². The molecule has 0 bridgehead atoms. The normalized spacial score (nSPS) is 26.7. The summed E-state index contributed by atoms with van der Waals surface area (Å²) in [5.74, 6) is 1.83. The van der Waals surface area contributed by atoms with Crippen LogP contribution in [-0.2, 0) is 0 Å². The first-order chi connectivity index (χ1) is 5.22. The van der Waals surface area contributed by atoms with Crippen LogP contribution in [0.3, 0.4) is 0 Å². The summed E-state index contributed by atoms with van der Waals surface area (Å²) in [6, 6.07) is 0. The van der Waals surface area contributed by atoms with Crippen molar-refractivity contribution in [3.63, 3.8) is 0 Å². The second kappa shape index (κ2) is 4.10. The highest BCUT2D eigenvalue weighted by atomic mass is 15.1. The first kappa shape index (κ1) is 9.05. The van der Waals surface area contributed by atoms with E-state index in [4.69, 9.17) is 0 Å². The van der Waals surface area contributed by atoms with Crippen LogP contribution in [0.2, 0.25) is 0 Å². The molecule has 0 aromatic heterocycles. The fraction of sp³-hybridized carbons (Fsp3) is 1.00. The molecular formula is C10H21N. The minimum Gasteiger partial charge on any atom is -0.303 e. The number of nitrogens with zero attached hydrogens (tertiary/aromatic N) is 1. The highest BCUT2D eigenvalue weighted by Gasteiger charge is 2.20. The van der Waals surface area contributed by atoms with Crippen LogP contribution in [0.5, 0.6) is 0 Å². The van der Waals surface area contributed by atoms with E-state index < -0.39 is 0 Å². The Kier molecular flexibility index (Phi) is 3.38. The van der Waals surface area contributed by atoms with Crippen LogP contribution in [0.4, 0.5) is 0 Å². The lowest BCUT2D eigenvalue weighted by atomic mass is 10.1.